The number of phenols is 2. The molecule has 1 aromatic heterocycles. The number of fused-ring (bicyclic) bond motifs is 1. The molecule has 0 spiro atoms. The molecule has 10 atom stereocenters. The molecule has 2 saturated heterocycles. The standard InChI is InChI=1S/C27H30O15/c1-9-17(31)20(34)22(36)26(38-9)42-25-19(33)16-13(30)6-11(29)7-14(16)40-24(25)10-2-4-12(5-3-10)39-27-23(37)21(35)18(32)15(8-28)41-27/h2-7,9,15,17-18,20-23,26-32,34-37H,8H2,1H3. The van der Waals surface area contributed by atoms with E-state index in [9.17, 15) is 50.8 Å². The van der Waals surface area contributed by atoms with E-state index in [4.69, 9.17) is 23.4 Å². The van der Waals surface area contributed by atoms with Gasteiger partial charge in [0.2, 0.25) is 23.8 Å². The molecule has 228 valence electrons. The van der Waals surface area contributed by atoms with Crippen molar-refractivity contribution < 1.29 is 69.3 Å². The van der Waals surface area contributed by atoms with Gasteiger partial charge in [0.05, 0.1) is 12.7 Å². The monoisotopic (exact) mass is 594 g/mol. The predicted molar refractivity (Wildman–Crippen MR) is 139 cm³/mol. The number of aromatic hydroxyl groups is 2. The molecular formula is C27H30O15. The molecule has 15 heteroatoms. The van der Waals surface area contributed by atoms with Crippen molar-refractivity contribution in [3.63, 3.8) is 0 Å². The maximum Gasteiger partial charge on any atom is 0.239 e. The zero-order valence-corrected chi connectivity index (χ0v) is 21.9. The van der Waals surface area contributed by atoms with Gasteiger partial charge in [0.25, 0.3) is 0 Å². The third-order valence-corrected chi connectivity index (χ3v) is 7.18. The van der Waals surface area contributed by atoms with E-state index < -0.39 is 90.7 Å². The van der Waals surface area contributed by atoms with E-state index in [0.29, 0.717) is 0 Å². The molecule has 3 heterocycles. The second kappa shape index (κ2) is 11.6. The van der Waals surface area contributed by atoms with Gasteiger partial charge in [-0.2, -0.15) is 0 Å². The zero-order chi connectivity index (χ0) is 30.5. The van der Waals surface area contributed by atoms with E-state index >= 15 is 0 Å². The largest absolute Gasteiger partial charge is 0.508 e. The van der Waals surface area contributed by atoms with E-state index in [-0.39, 0.29) is 28.0 Å². The van der Waals surface area contributed by atoms with Crippen LogP contribution in [0.15, 0.2) is 45.6 Å². The summed E-state index contributed by atoms with van der Waals surface area (Å²) in [5.41, 5.74) is -0.934. The summed E-state index contributed by atoms with van der Waals surface area (Å²) in [6.45, 7) is 0.773. The van der Waals surface area contributed by atoms with Crippen LogP contribution in [-0.2, 0) is 9.47 Å². The van der Waals surface area contributed by atoms with Gasteiger partial charge < -0.3 is 69.3 Å². The molecule has 3 aromatic rings. The lowest BCUT2D eigenvalue weighted by atomic mass is 9.99. The van der Waals surface area contributed by atoms with Crippen LogP contribution in [0, 0.1) is 0 Å². The van der Waals surface area contributed by atoms with Crippen molar-refractivity contribution in [3.8, 4) is 34.3 Å². The van der Waals surface area contributed by atoms with Crippen LogP contribution in [-0.4, -0.2) is 114 Å². The molecule has 0 radical (unpaired) electrons. The van der Waals surface area contributed by atoms with Crippen LogP contribution in [0.5, 0.6) is 23.0 Å². The average molecular weight is 595 g/mol. The Kier molecular flexibility index (Phi) is 8.30. The van der Waals surface area contributed by atoms with Crippen LogP contribution in [0.2, 0.25) is 0 Å². The van der Waals surface area contributed by atoms with Crippen LogP contribution in [0.1, 0.15) is 6.92 Å². The molecule has 2 aromatic carbocycles. The smallest absolute Gasteiger partial charge is 0.239 e. The predicted octanol–water partition coefficient (Wildman–Crippen LogP) is -1.74. The molecule has 5 rings (SSSR count). The Labute approximate surface area is 236 Å². The van der Waals surface area contributed by atoms with Gasteiger partial charge in [-0.1, -0.05) is 0 Å². The first-order valence-electron chi connectivity index (χ1n) is 12.9. The Morgan fingerprint density at radius 1 is 0.786 bits per heavy atom. The number of rotatable bonds is 6. The van der Waals surface area contributed by atoms with E-state index in [0.717, 1.165) is 12.1 Å². The lowest BCUT2D eigenvalue weighted by Gasteiger charge is -2.39. The highest BCUT2D eigenvalue weighted by Crippen LogP contribution is 2.38. The first-order chi connectivity index (χ1) is 19.9. The average Bonchev–Trinajstić information content (AvgIpc) is 2.96. The molecule has 10 unspecified atom stereocenters. The van der Waals surface area contributed by atoms with Gasteiger partial charge >= 0.3 is 0 Å². The van der Waals surface area contributed by atoms with Crippen molar-refractivity contribution >= 4 is 11.0 Å². The lowest BCUT2D eigenvalue weighted by Crippen LogP contribution is -2.60. The van der Waals surface area contributed by atoms with Gasteiger partial charge in [-0.05, 0) is 31.2 Å². The lowest BCUT2D eigenvalue weighted by molar-refractivity contribution is -0.277. The third-order valence-electron chi connectivity index (χ3n) is 7.18. The maximum atomic E-state index is 13.5. The van der Waals surface area contributed by atoms with E-state index in [1.54, 1.807) is 0 Å². The van der Waals surface area contributed by atoms with E-state index in [1.165, 1.54) is 31.2 Å². The quantitative estimate of drug-likeness (QED) is 0.154. The summed E-state index contributed by atoms with van der Waals surface area (Å²) in [5, 5.41) is 90.2. The number of benzene rings is 2. The minimum Gasteiger partial charge on any atom is -0.508 e. The van der Waals surface area contributed by atoms with Crippen molar-refractivity contribution in [3.05, 3.63) is 46.6 Å². The molecule has 42 heavy (non-hydrogen) atoms. The Morgan fingerprint density at radius 2 is 1.40 bits per heavy atom. The van der Waals surface area contributed by atoms with Crippen LogP contribution >= 0.6 is 0 Å². The minimum absolute atomic E-state index is 0.0981. The molecular weight excluding hydrogens is 564 g/mol. The van der Waals surface area contributed by atoms with E-state index in [2.05, 4.69) is 0 Å². The summed E-state index contributed by atoms with van der Waals surface area (Å²) in [5.74, 6) is -1.69. The van der Waals surface area contributed by atoms with Crippen molar-refractivity contribution in [1.82, 2.24) is 0 Å². The van der Waals surface area contributed by atoms with Crippen molar-refractivity contribution in [2.45, 2.75) is 68.3 Å². The molecule has 0 bridgehead atoms. The zero-order valence-electron chi connectivity index (χ0n) is 21.9. The first kappa shape index (κ1) is 30.0. The molecule has 0 amide bonds. The summed E-state index contributed by atoms with van der Waals surface area (Å²) in [6.07, 6.45) is -15.0. The fraction of sp³-hybridized carbons (Fsp3) is 0.444. The van der Waals surface area contributed by atoms with Crippen LogP contribution < -0.4 is 14.9 Å². The fourth-order valence-electron chi connectivity index (χ4n) is 4.78. The number of phenolic OH excluding ortho intramolecular Hbond substituents is 2. The van der Waals surface area contributed by atoms with Gasteiger partial charge in [-0.15, -0.1) is 0 Å². The topological polar surface area (TPSA) is 249 Å². The number of aliphatic hydroxyl groups excluding tert-OH is 7. The van der Waals surface area contributed by atoms with Gasteiger partial charge in [-0.25, -0.2) is 0 Å². The number of hydrogen-bond acceptors (Lipinski definition) is 15. The molecule has 15 nitrogen and oxygen atoms in total. The normalized spacial score (nSPS) is 33.4. The Hall–Kier alpha value is -3.51. The third kappa shape index (κ3) is 5.37. The molecule has 2 aliphatic rings. The van der Waals surface area contributed by atoms with Gasteiger partial charge in [0.1, 0.15) is 70.9 Å². The summed E-state index contributed by atoms with van der Waals surface area (Å²) >= 11 is 0. The van der Waals surface area contributed by atoms with Crippen molar-refractivity contribution in [1.29, 1.82) is 0 Å². The van der Waals surface area contributed by atoms with Crippen molar-refractivity contribution in [2.24, 2.45) is 0 Å². The Balaban J connectivity index is 1.51. The van der Waals surface area contributed by atoms with Gasteiger partial charge in [-0.3, -0.25) is 4.79 Å². The molecule has 2 fully saturated rings. The van der Waals surface area contributed by atoms with Crippen LogP contribution in [0.4, 0.5) is 0 Å². The second-order valence-electron chi connectivity index (χ2n) is 10.1. The fourth-order valence-corrected chi connectivity index (χ4v) is 4.78. The summed E-state index contributed by atoms with van der Waals surface area (Å²) in [6, 6.07) is 7.56. The Morgan fingerprint density at radius 3 is 2.05 bits per heavy atom. The SMILES string of the molecule is CC1OC(Oc2c(-c3ccc(OC4OC(CO)C(O)C(O)C4O)cc3)oc3cc(O)cc(O)c3c2=O)C(O)C(O)C1O. The van der Waals surface area contributed by atoms with Gasteiger partial charge in [0.15, 0.2) is 5.76 Å². The number of aliphatic hydroxyl groups is 7. The van der Waals surface area contributed by atoms with Gasteiger partial charge in [0, 0.05) is 17.7 Å². The number of ether oxygens (including phenoxy) is 4. The summed E-state index contributed by atoms with van der Waals surface area (Å²) in [4.78, 5) is 13.5. The highest BCUT2D eigenvalue weighted by Gasteiger charge is 2.45. The first-order valence-corrected chi connectivity index (χ1v) is 12.9. The highest BCUT2D eigenvalue weighted by molar-refractivity contribution is 5.88. The summed E-state index contributed by atoms with van der Waals surface area (Å²) in [7, 11) is 0. The van der Waals surface area contributed by atoms with Crippen LogP contribution in [0.3, 0.4) is 0 Å². The Bertz CT molecular complexity index is 1470. The second-order valence-corrected chi connectivity index (χ2v) is 10.1. The van der Waals surface area contributed by atoms with E-state index in [1.807, 2.05) is 0 Å². The molecule has 0 saturated carbocycles. The summed E-state index contributed by atoms with van der Waals surface area (Å²) < 4.78 is 27.9. The maximum absolute atomic E-state index is 13.5. The highest BCUT2D eigenvalue weighted by atomic mass is 16.7. The van der Waals surface area contributed by atoms with Crippen LogP contribution in [0.25, 0.3) is 22.3 Å². The number of hydrogen-bond donors (Lipinski definition) is 9. The van der Waals surface area contributed by atoms with Crippen molar-refractivity contribution in [2.75, 3.05) is 6.61 Å². The molecule has 0 aliphatic carbocycles. The molecule has 2 aliphatic heterocycles. The minimum atomic E-state index is -1.78. The molecule has 9 N–H and O–H groups in total.